The molecular formula is C22H21N3O7. The van der Waals surface area contributed by atoms with E-state index in [-0.39, 0.29) is 36.1 Å². The Morgan fingerprint density at radius 1 is 1.06 bits per heavy atom. The van der Waals surface area contributed by atoms with Gasteiger partial charge >= 0.3 is 5.97 Å². The molecule has 0 spiro atoms. The van der Waals surface area contributed by atoms with Gasteiger partial charge in [-0.3, -0.25) is 19.7 Å². The van der Waals surface area contributed by atoms with Gasteiger partial charge in [0.15, 0.2) is 11.9 Å². The fourth-order valence-corrected chi connectivity index (χ4v) is 2.81. The summed E-state index contributed by atoms with van der Waals surface area (Å²) in [7, 11) is 0. The van der Waals surface area contributed by atoms with Gasteiger partial charge in [-0.25, -0.2) is 0 Å². The van der Waals surface area contributed by atoms with Crippen molar-refractivity contribution in [3.63, 3.8) is 0 Å². The lowest BCUT2D eigenvalue weighted by molar-refractivity contribution is -0.384. The standard InChI is InChI=1S/C22H21N3O7/c1-3-30-18-10-6-15(7-11-18)19(26)12-13-20(27)31-14(2)21-23-24-22(32-21)16-4-8-17(9-5-16)25(28)29/h4-11,14H,3,12-13H2,1-2H3. The van der Waals surface area contributed by atoms with Crippen molar-refractivity contribution in [2.75, 3.05) is 6.61 Å². The summed E-state index contributed by atoms with van der Waals surface area (Å²) >= 11 is 0. The summed E-state index contributed by atoms with van der Waals surface area (Å²) < 4.78 is 16.1. The van der Waals surface area contributed by atoms with Gasteiger partial charge in [-0.15, -0.1) is 10.2 Å². The van der Waals surface area contributed by atoms with Gasteiger partial charge in [-0.2, -0.15) is 0 Å². The second-order valence-electron chi connectivity index (χ2n) is 6.76. The second kappa shape index (κ2) is 10.3. The molecule has 0 aliphatic rings. The Bertz CT molecular complexity index is 1090. The first-order valence-electron chi connectivity index (χ1n) is 9.91. The first-order chi connectivity index (χ1) is 15.4. The predicted octanol–water partition coefficient (Wildman–Crippen LogP) is 4.31. The van der Waals surface area contributed by atoms with Gasteiger partial charge in [0.1, 0.15) is 5.75 Å². The molecule has 3 rings (SSSR count). The molecule has 0 aliphatic heterocycles. The highest BCUT2D eigenvalue weighted by atomic mass is 16.6. The molecule has 1 unspecified atom stereocenters. The van der Waals surface area contributed by atoms with E-state index in [1.807, 2.05) is 6.92 Å². The third-order valence-electron chi connectivity index (χ3n) is 4.47. The van der Waals surface area contributed by atoms with E-state index < -0.39 is 17.0 Å². The second-order valence-corrected chi connectivity index (χ2v) is 6.76. The largest absolute Gasteiger partial charge is 0.494 e. The van der Waals surface area contributed by atoms with E-state index in [9.17, 15) is 19.7 Å². The fraction of sp³-hybridized carbons (Fsp3) is 0.273. The molecule has 10 heteroatoms. The highest BCUT2D eigenvalue weighted by Gasteiger charge is 2.20. The van der Waals surface area contributed by atoms with Crippen molar-refractivity contribution in [3.05, 3.63) is 70.1 Å². The molecule has 0 aliphatic carbocycles. The number of non-ortho nitro benzene ring substituents is 1. The number of Topliss-reactive ketones (excluding diaryl/α,β-unsaturated/α-hetero) is 1. The number of carbonyl (C=O) groups excluding carboxylic acids is 2. The molecule has 0 bridgehead atoms. The van der Waals surface area contributed by atoms with Crippen LogP contribution in [0.25, 0.3) is 11.5 Å². The van der Waals surface area contributed by atoms with Crippen LogP contribution in [0.3, 0.4) is 0 Å². The molecule has 1 heterocycles. The number of carbonyl (C=O) groups is 2. The maximum absolute atomic E-state index is 12.3. The SMILES string of the molecule is CCOc1ccc(C(=O)CCC(=O)OC(C)c2nnc(-c3ccc([N+](=O)[O-])cc3)o2)cc1. The summed E-state index contributed by atoms with van der Waals surface area (Å²) in [5.74, 6) is 0.126. The van der Waals surface area contributed by atoms with Crippen LogP contribution < -0.4 is 4.74 Å². The van der Waals surface area contributed by atoms with Crippen molar-refractivity contribution in [2.45, 2.75) is 32.8 Å². The molecule has 0 amide bonds. The Balaban J connectivity index is 1.52. The number of aromatic nitrogens is 2. The first-order valence-corrected chi connectivity index (χ1v) is 9.91. The number of hydrogen-bond acceptors (Lipinski definition) is 9. The molecule has 32 heavy (non-hydrogen) atoms. The zero-order valence-electron chi connectivity index (χ0n) is 17.5. The topological polar surface area (TPSA) is 135 Å². The van der Waals surface area contributed by atoms with E-state index in [2.05, 4.69) is 10.2 Å². The minimum atomic E-state index is -0.817. The Labute approximate surface area is 183 Å². The van der Waals surface area contributed by atoms with Crippen LogP contribution in [0.1, 0.15) is 49.0 Å². The lowest BCUT2D eigenvalue weighted by Gasteiger charge is -2.09. The van der Waals surface area contributed by atoms with Gasteiger partial charge in [-0.1, -0.05) is 0 Å². The van der Waals surface area contributed by atoms with E-state index in [4.69, 9.17) is 13.9 Å². The number of hydrogen-bond donors (Lipinski definition) is 0. The van der Waals surface area contributed by atoms with Gasteiger partial charge in [0.2, 0.25) is 5.89 Å². The summed E-state index contributed by atoms with van der Waals surface area (Å²) in [5.41, 5.74) is 0.920. The molecule has 1 aromatic heterocycles. The van der Waals surface area contributed by atoms with Crippen molar-refractivity contribution in [2.24, 2.45) is 0 Å². The maximum atomic E-state index is 12.3. The van der Waals surface area contributed by atoms with E-state index in [0.717, 1.165) is 0 Å². The molecule has 0 radical (unpaired) electrons. The Morgan fingerprint density at radius 3 is 2.38 bits per heavy atom. The van der Waals surface area contributed by atoms with Crippen LogP contribution in [-0.4, -0.2) is 33.5 Å². The number of benzene rings is 2. The molecule has 0 fully saturated rings. The molecule has 3 aromatic rings. The van der Waals surface area contributed by atoms with E-state index in [1.165, 1.54) is 24.3 Å². The first kappa shape index (κ1) is 22.6. The van der Waals surface area contributed by atoms with Crippen LogP contribution >= 0.6 is 0 Å². The lowest BCUT2D eigenvalue weighted by Crippen LogP contribution is -2.11. The number of nitrogens with zero attached hydrogens (tertiary/aromatic N) is 3. The van der Waals surface area contributed by atoms with Gasteiger partial charge in [0.25, 0.3) is 11.6 Å². The third kappa shape index (κ3) is 5.75. The molecular weight excluding hydrogens is 418 g/mol. The molecule has 0 saturated carbocycles. The van der Waals surface area contributed by atoms with Crippen LogP contribution in [0.15, 0.2) is 52.9 Å². The Morgan fingerprint density at radius 2 is 1.75 bits per heavy atom. The molecule has 166 valence electrons. The van der Waals surface area contributed by atoms with Crippen LogP contribution in [0.5, 0.6) is 5.75 Å². The van der Waals surface area contributed by atoms with Crippen molar-refractivity contribution in [1.82, 2.24) is 10.2 Å². The van der Waals surface area contributed by atoms with Crippen LogP contribution in [0.4, 0.5) is 5.69 Å². The van der Waals surface area contributed by atoms with E-state index in [0.29, 0.717) is 23.5 Å². The zero-order chi connectivity index (χ0) is 23.1. The van der Waals surface area contributed by atoms with Gasteiger partial charge in [0.05, 0.1) is 18.0 Å². The van der Waals surface area contributed by atoms with E-state index in [1.54, 1.807) is 31.2 Å². The summed E-state index contributed by atoms with van der Waals surface area (Å²) in [4.78, 5) is 34.6. The highest BCUT2D eigenvalue weighted by molar-refractivity contribution is 5.97. The minimum absolute atomic E-state index is 0.00257. The molecule has 0 saturated heterocycles. The maximum Gasteiger partial charge on any atom is 0.307 e. The fourth-order valence-electron chi connectivity index (χ4n) is 2.81. The predicted molar refractivity (Wildman–Crippen MR) is 112 cm³/mol. The number of rotatable bonds is 10. The van der Waals surface area contributed by atoms with Gasteiger partial charge in [0, 0.05) is 29.7 Å². The summed E-state index contributed by atoms with van der Waals surface area (Å²) in [6.07, 6.45) is -0.917. The highest BCUT2D eigenvalue weighted by Crippen LogP contribution is 2.24. The van der Waals surface area contributed by atoms with Gasteiger partial charge in [-0.05, 0) is 50.2 Å². The third-order valence-corrected chi connectivity index (χ3v) is 4.47. The number of nitro groups is 1. The number of nitro benzene ring substituents is 1. The van der Waals surface area contributed by atoms with Crippen molar-refractivity contribution >= 4 is 17.4 Å². The quantitative estimate of drug-likeness (QED) is 0.196. The zero-order valence-corrected chi connectivity index (χ0v) is 17.5. The molecule has 2 aromatic carbocycles. The molecule has 10 nitrogen and oxygen atoms in total. The summed E-state index contributed by atoms with van der Waals surface area (Å²) in [6, 6.07) is 12.3. The lowest BCUT2D eigenvalue weighted by atomic mass is 10.1. The number of ketones is 1. The van der Waals surface area contributed by atoms with Crippen molar-refractivity contribution < 1.29 is 28.4 Å². The summed E-state index contributed by atoms with van der Waals surface area (Å²) in [6.45, 7) is 3.97. The average Bonchev–Trinajstić information content (AvgIpc) is 3.29. The smallest absolute Gasteiger partial charge is 0.307 e. The summed E-state index contributed by atoms with van der Waals surface area (Å²) in [5, 5.41) is 18.5. The average molecular weight is 439 g/mol. The van der Waals surface area contributed by atoms with Crippen molar-refractivity contribution in [3.8, 4) is 17.2 Å². The van der Waals surface area contributed by atoms with E-state index >= 15 is 0 Å². The molecule has 0 N–H and O–H groups in total. The number of ether oxygens (including phenoxy) is 2. The Hall–Kier alpha value is -4.08. The van der Waals surface area contributed by atoms with Crippen LogP contribution in [0, 0.1) is 10.1 Å². The normalized spacial score (nSPS) is 11.6. The Kier molecular flexibility index (Phi) is 7.27. The monoisotopic (exact) mass is 439 g/mol. The minimum Gasteiger partial charge on any atom is -0.494 e. The van der Waals surface area contributed by atoms with Crippen molar-refractivity contribution in [1.29, 1.82) is 0 Å². The van der Waals surface area contributed by atoms with Gasteiger partial charge < -0.3 is 13.9 Å². The molecule has 1 atom stereocenters. The van der Waals surface area contributed by atoms with Crippen LogP contribution in [0.2, 0.25) is 0 Å². The number of esters is 1. The van der Waals surface area contributed by atoms with Crippen LogP contribution in [-0.2, 0) is 9.53 Å².